The molecule has 0 unspecified atom stereocenters. The minimum absolute atomic E-state index is 0.100. The Morgan fingerprint density at radius 1 is 1.07 bits per heavy atom. The number of rotatable bonds is 7. The lowest BCUT2D eigenvalue weighted by molar-refractivity contribution is 0.410. The first-order valence-corrected chi connectivity index (χ1v) is 10.4. The number of nitrogens with zero attached hydrogens (tertiary/aromatic N) is 2. The molecule has 0 atom stereocenters. The van der Waals surface area contributed by atoms with E-state index in [1.165, 1.54) is 9.87 Å². The van der Waals surface area contributed by atoms with Crippen LogP contribution in [0.1, 0.15) is 31.9 Å². The van der Waals surface area contributed by atoms with E-state index in [1.54, 1.807) is 31.3 Å². The molecule has 0 aliphatic rings. The standard InChI is InChI=1S/C20H28N4O2S/c1-5-16-6-10-18(11-7-16)23-20(21)22-14-17-8-12-19(13-9-17)27(25,26)24(4)15(2)3/h6-13,15H,5,14H2,1-4H3,(H3,21,22,23). The van der Waals surface area contributed by atoms with Crippen molar-refractivity contribution in [2.45, 2.75) is 44.7 Å². The first-order chi connectivity index (χ1) is 12.7. The van der Waals surface area contributed by atoms with Gasteiger partial charge in [0.05, 0.1) is 11.4 Å². The van der Waals surface area contributed by atoms with E-state index in [4.69, 9.17) is 5.73 Å². The van der Waals surface area contributed by atoms with Crippen LogP contribution in [0.4, 0.5) is 5.69 Å². The summed E-state index contributed by atoms with van der Waals surface area (Å²) in [7, 11) is -1.89. The third-order valence-corrected chi connectivity index (χ3v) is 6.44. The molecule has 3 N–H and O–H groups in total. The fraction of sp³-hybridized carbons (Fsp3) is 0.350. The van der Waals surface area contributed by atoms with Crippen LogP contribution in [0.2, 0.25) is 0 Å². The number of benzene rings is 2. The molecule has 0 heterocycles. The second-order valence-electron chi connectivity index (χ2n) is 6.64. The van der Waals surface area contributed by atoms with Crippen molar-refractivity contribution in [3.8, 4) is 0 Å². The summed E-state index contributed by atoms with van der Waals surface area (Å²) in [6.07, 6.45) is 0.989. The maximum Gasteiger partial charge on any atom is 0.243 e. The zero-order chi connectivity index (χ0) is 20.0. The van der Waals surface area contributed by atoms with Crippen LogP contribution in [0.3, 0.4) is 0 Å². The maximum absolute atomic E-state index is 12.5. The van der Waals surface area contributed by atoms with E-state index in [1.807, 2.05) is 38.1 Å². The van der Waals surface area contributed by atoms with E-state index in [-0.39, 0.29) is 10.9 Å². The second-order valence-corrected chi connectivity index (χ2v) is 8.63. The van der Waals surface area contributed by atoms with E-state index in [0.717, 1.165) is 17.7 Å². The number of hydrogen-bond acceptors (Lipinski definition) is 3. The molecule has 146 valence electrons. The summed E-state index contributed by atoms with van der Waals surface area (Å²) in [5.74, 6) is 0.315. The van der Waals surface area contributed by atoms with E-state index < -0.39 is 10.0 Å². The average Bonchev–Trinajstić information content (AvgIpc) is 2.66. The normalized spacial score (nSPS) is 12.6. The molecule has 0 aromatic heterocycles. The molecular formula is C20H28N4O2S. The lowest BCUT2D eigenvalue weighted by atomic mass is 10.1. The van der Waals surface area contributed by atoms with Crippen molar-refractivity contribution in [3.05, 3.63) is 59.7 Å². The van der Waals surface area contributed by atoms with Crippen molar-refractivity contribution in [1.29, 1.82) is 0 Å². The minimum Gasteiger partial charge on any atom is -0.370 e. The predicted molar refractivity (Wildman–Crippen MR) is 111 cm³/mol. The van der Waals surface area contributed by atoms with Gasteiger partial charge in [-0.1, -0.05) is 31.2 Å². The lowest BCUT2D eigenvalue weighted by Gasteiger charge is -2.21. The molecule has 0 saturated carbocycles. The highest BCUT2D eigenvalue weighted by Crippen LogP contribution is 2.17. The van der Waals surface area contributed by atoms with Crippen LogP contribution in [0.15, 0.2) is 58.4 Å². The molecule has 0 amide bonds. The van der Waals surface area contributed by atoms with E-state index in [0.29, 0.717) is 12.5 Å². The Hall–Kier alpha value is -2.38. The van der Waals surface area contributed by atoms with Gasteiger partial charge in [0, 0.05) is 18.8 Å². The van der Waals surface area contributed by atoms with Gasteiger partial charge in [0.1, 0.15) is 0 Å². The van der Waals surface area contributed by atoms with Crippen LogP contribution in [0.5, 0.6) is 0 Å². The van der Waals surface area contributed by atoms with Crippen LogP contribution in [-0.2, 0) is 23.0 Å². The SMILES string of the molecule is CCc1ccc(NC(N)=NCc2ccc(S(=O)(=O)N(C)C(C)C)cc2)cc1. The van der Waals surface area contributed by atoms with Crippen LogP contribution in [0, 0.1) is 0 Å². The molecular weight excluding hydrogens is 360 g/mol. The Balaban J connectivity index is 2.02. The Bertz CT molecular complexity index is 873. The van der Waals surface area contributed by atoms with Crippen molar-refractivity contribution in [3.63, 3.8) is 0 Å². The first kappa shape index (κ1) is 20.9. The van der Waals surface area contributed by atoms with Crippen molar-refractivity contribution < 1.29 is 8.42 Å². The molecule has 0 aliphatic heterocycles. The number of aliphatic imine (C=N–C) groups is 1. The number of hydrogen-bond donors (Lipinski definition) is 2. The Morgan fingerprint density at radius 2 is 1.63 bits per heavy atom. The summed E-state index contributed by atoms with van der Waals surface area (Å²) in [6, 6.07) is 14.6. The molecule has 2 aromatic rings. The predicted octanol–water partition coefficient (Wildman–Crippen LogP) is 3.20. The van der Waals surface area contributed by atoms with Gasteiger partial charge in [-0.05, 0) is 55.7 Å². The van der Waals surface area contributed by atoms with Gasteiger partial charge in [-0.3, -0.25) is 0 Å². The van der Waals surface area contributed by atoms with Crippen molar-refractivity contribution in [2.75, 3.05) is 12.4 Å². The van der Waals surface area contributed by atoms with Gasteiger partial charge < -0.3 is 11.1 Å². The highest BCUT2D eigenvalue weighted by Gasteiger charge is 2.22. The summed E-state index contributed by atoms with van der Waals surface area (Å²) in [4.78, 5) is 4.58. The topological polar surface area (TPSA) is 87.8 Å². The van der Waals surface area contributed by atoms with Gasteiger partial charge in [0.25, 0.3) is 0 Å². The van der Waals surface area contributed by atoms with Crippen molar-refractivity contribution >= 4 is 21.7 Å². The van der Waals surface area contributed by atoms with Crippen LogP contribution in [0.25, 0.3) is 0 Å². The van der Waals surface area contributed by atoms with Gasteiger partial charge in [-0.2, -0.15) is 4.31 Å². The monoisotopic (exact) mass is 388 g/mol. The van der Waals surface area contributed by atoms with Crippen LogP contribution in [-0.4, -0.2) is 31.8 Å². The molecule has 0 fully saturated rings. The van der Waals surface area contributed by atoms with E-state index in [2.05, 4.69) is 17.2 Å². The molecule has 0 saturated heterocycles. The molecule has 0 spiro atoms. The molecule has 0 radical (unpaired) electrons. The maximum atomic E-state index is 12.5. The van der Waals surface area contributed by atoms with Gasteiger partial charge >= 0.3 is 0 Å². The number of aryl methyl sites for hydroxylation is 1. The van der Waals surface area contributed by atoms with E-state index in [9.17, 15) is 8.42 Å². The highest BCUT2D eigenvalue weighted by atomic mass is 32.2. The second kappa shape index (κ2) is 9.01. The number of sulfonamides is 1. The van der Waals surface area contributed by atoms with Gasteiger partial charge in [-0.25, -0.2) is 13.4 Å². The quantitative estimate of drug-likeness (QED) is 0.563. The zero-order valence-corrected chi connectivity index (χ0v) is 17.1. The van der Waals surface area contributed by atoms with Crippen LogP contribution >= 0.6 is 0 Å². The van der Waals surface area contributed by atoms with Gasteiger partial charge in [0.15, 0.2) is 5.96 Å². The fourth-order valence-electron chi connectivity index (χ4n) is 2.40. The number of guanidine groups is 1. The summed E-state index contributed by atoms with van der Waals surface area (Å²) in [5, 5.41) is 3.05. The van der Waals surface area contributed by atoms with Crippen LogP contribution < -0.4 is 11.1 Å². The number of anilines is 1. The van der Waals surface area contributed by atoms with Crippen molar-refractivity contribution in [2.24, 2.45) is 10.7 Å². The molecule has 0 bridgehead atoms. The summed E-state index contributed by atoms with van der Waals surface area (Å²) < 4.78 is 26.3. The Labute approximate surface area is 162 Å². The molecule has 2 rings (SSSR count). The highest BCUT2D eigenvalue weighted by molar-refractivity contribution is 7.89. The largest absolute Gasteiger partial charge is 0.370 e. The smallest absolute Gasteiger partial charge is 0.243 e. The van der Waals surface area contributed by atoms with Gasteiger partial charge in [0.2, 0.25) is 10.0 Å². The summed E-state index contributed by atoms with van der Waals surface area (Å²) in [5.41, 5.74) is 8.95. The lowest BCUT2D eigenvalue weighted by Crippen LogP contribution is -2.33. The molecule has 0 aliphatic carbocycles. The third kappa shape index (κ3) is 5.55. The zero-order valence-electron chi connectivity index (χ0n) is 16.3. The molecule has 6 nitrogen and oxygen atoms in total. The summed E-state index contributed by atoms with van der Waals surface area (Å²) >= 11 is 0. The molecule has 2 aromatic carbocycles. The molecule has 27 heavy (non-hydrogen) atoms. The summed E-state index contributed by atoms with van der Waals surface area (Å²) in [6.45, 7) is 6.15. The Morgan fingerprint density at radius 3 is 2.15 bits per heavy atom. The Kier molecular flexibility index (Phi) is 6.98. The minimum atomic E-state index is -3.47. The van der Waals surface area contributed by atoms with Crippen molar-refractivity contribution in [1.82, 2.24) is 4.31 Å². The molecule has 7 heteroatoms. The average molecular weight is 389 g/mol. The number of nitrogens with one attached hydrogen (secondary N) is 1. The fourth-order valence-corrected chi connectivity index (χ4v) is 3.77. The van der Waals surface area contributed by atoms with E-state index >= 15 is 0 Å². The van der Waals surface area contributed by atoms with Gasteiger partial charge in [-0.15, -0.1) is 0 Å². The number of nitrogens with two attached hydrogens (primary N) is 1. The third-order valence-electron chi connectivity index (χ3n) is 4.39. The first-order valence-electron chi connectivity index (χ1n) is 8.97.